The number of hydrogen-bond acceptors (Lipinski definition) is 2. The highest BCUT2D eigenvalue weighted by molar-refractivity contribution is 5.71. The minimum absolute atomic E-state index is 1.03. The third kappa shape index (κ3) is 1.68. The van der Waals surface area contributed by atoms with Gasteiger partial charge in [-0.25, -0.2) is 9.67 Å². The molecule has 0 aliphatic carbocycles. The summed E-state index contributed by atoms with van der Waals surface area (Å²) in [5.41, 5.74) is 4.41. The summed E-state index contributed by atoms with van der Waals surface area (Å²) in [5.74, 6) is 0. The number of rotatable bonds is 2. The molecule has 0 radical (unpaired) electrons. The summed E-state index contributed by atoms with van der Waals surface area (Å²) in [6.45, 7) is 8.07. The number of hydrogen-bond donors (Lipinski definition) is 0. The van der Waals surface area contributed by atoms with Crippen molar-refractivity contribution >= 4 is 5.57 Å². The van der Waals surface area contributed by atoms with Gasteiger partial charge in [-0.2, -0.15) is 5.10 Å². The lowest BCUT2D eigenvalue weighted by Gasteiger charge is -2.11. The Hall–Kier alpha value is -1.90. The van der Waals surface area contributed by atoms with E-state index in [4.69, 9.17) is 0 Å². The summed E-state index contributed by atoms with van der Waals surface area (Å²) in [6.07, 6.45) is 3.23. The number of benzene rings is 1. The van der Waals surface area contributed by atoms with Gasteiger partial charge in [0.05, 0.1) is 5.69 Å². The molecular formula is C12H13N3. The van der Waals surface area contributed by atoms with Crippen LogP contribution in [0.5, 0.6) is 0 Å². The highest BCUT2D eigenvalue weighted by Gasteiger charge is 2.07. The Balaban J connectivity index is 2.66. The third-order valence-corrected chi connectivity index (χ3v) is 2.34. The molecule has 0 bridgehead atoms. The van der Waals surface area contributed by atoms with E-state index in [-0.39, 0.29) is 0 Å². The van der Waals surface area contributed by atoms with Crippen LogP contribution in [0.25, 0.3) is 11.3 Å². The van der Waals surface area contributed by atoms with Gasteiger partial charge in [0, 0.05) is 5.56 Å². The normalized spacial score (nSPS) is 10.3. The first-order valence-corrected chi connectivity index (χ1v) is 4.80. The Morgan fingerprint density at radius 1 is 1.40 bits per heavy atom. The van der Waals surface area contributed by atoms with Crippen LogP contribution in [0.2, 0.25) is 0 Å². The van der Waals surface area contributed by atoms with E-state index >= 15 is 0 Å². The van der Waals surface area contributed by atoms with Crippen LogP contribution in [0.15, 0.2) is 37.4 Å². The predicted molar refractivity (Wildman–Crippen MR) is 60.8 cm³/mol. The maximum absolute atomic E-state index is 4.14. The largest absolute Gasteiger partial charge is 0.223 e. The quantitative estimate of drug-likeness (QED) is 0.744. The molecule has 3 heteroatoms. The van der Waals surface area contributed by atoms with Crippen LogP contribution in [-0.2, 0) is 0 Å². The highest BCUT2D eigenvalue weighted by Crippen LogP contribution is 2.23. The summed E-state index contributed by atoms with van der Waals surface area (Å²) >= 11 is 0. The van der Waals surface area contributed by atoms with Crippen LogP contribution in [0.1, 0.15) is 18.1 Å². The molecule has 2 rings (SSSR count). The minimum atomic E-state index is 1.03. The van der Waals surface area contributed by atoms with Gasteiger partial charge in [0.15, 0.2) is 0 Å². The first-order chi connectivity index (χ1) is 7.20. The molecule has 0 saturated carbocycles. The van der Waals surface area contributed by atoms with E-state index in [1.807, 2.05) is 19.1 Å². The second-order valence-corrected chi connectivity index (χ2v) is 3.59. The van der Waals surface area contributed by atoms with Crippen molar-refractivity contribution in [1.82, 2.24) is 14.8 Å². The molecule has 1 aromatic heterocycles. The molecule has 0 saturated heterocycles. The van der Waals surface area contributed by atoms with Crippen molar-refractivity contribution in [2.75, 3.05) is 0 Å². The zero-order valence-electron chi connectivity index (χ0n) is 8.94. The van der Waals surface area contributed by atoms with Gasteiger partial charge in [0.1, 0.15) is 12.7 Å². The first kappa shape index (κ1) is 9.65. The van der Waals surface area contributed by atoms with Gasteiger partial charge in [0.25, 0.3) is 0 Å². The molecule has 3 nitrogen and oxygen atoms in total. The minimum Gasteiger partial charge on any atom is -0.223 e. The summed E-state index contributed by atoms with van der Waals surface area (Å²) in [7, 11) is 0. The molecule has 0 amide bonds. The van der Waals surface area contributed by atoms with Gasteiger partial charge in [0.2, 0.25) is 0 Å². The van der Waals surface area contributed by atoms with Gasteiger partial charge in [-0.05, 0) is 31.1 Å². The van der Waals surface area contributed by atoms with E-state index in [1.165, 1.54) is 11.9 Å². The molecular weight excluding hydrogens is 186 g/mol. The van der Waals surface area contributed by atoms with E-state index < -0.39 is 0 Å². The van der Waals surface area contributed by atoms with Crippen molar-refractivity contribution in [2.24, 2.45) is 0 Å². The van der Waals surface area contributed by atoms with Gasteiger partial charge < -0.3 is 0 Å². The lowest BCUT2D eigenvalue weighted by molar-refractivity contribution is 0.874. The molecule has 1 heterocycles. The molecule has 0 aliphatic rings. The van der Waals surface area contributed by atoms with Crippen LogP contribution in [-0.4, -0.2) is 14.8 Å². The molecule has 0 fully saturated rings. The van der Waals surface area contributed by atoms with Crippen LogP contribution >= 0.6 is 0 Å². The second-order valence-electron chi connectivity index (χ2n) is 3.59. The lowest BCUT2D eigenvalue weighted by atomic mass is 10.0. The summed E-state index contributed by atoms with van der Waals surface area (Å²) in [6, 6.07) is 6.11. The molecule has 76 valence electrons. The average molecular weight is 199 g/mol. The summed E-state index contributed by atoms with van der Waals surface area (Å²) in [4.78, 5) is 3.95. The maximum Gasteiger partial charge on any atom is 0.138 e. The van der Waals surface area contributed by atoms with Crippen LogP contribution in [0.4, 0.5) is 0 Å². The Labute approximate surface area is 89.1 Å². The van der Waals surface area contributed by atoms with Gasteiger partial charge in [-0.3, -0.25) is 0 Å². The fourth-order valence-electron chi connectivity index (χ4n) is 1.73. The molecule has 1 aromatic carbocycles. The fourth-order valence-corrected chi connectivity index (χ4v) is 1.73. The second kappa shape index (κ2) is 3.69. The standard InChI is InChI=1S/C12H13N3/c1-9(2)12-10(3)5-4-6-11(12)15-8-13-7-14-15/h4-8H,1H2,2-3H3. The van der Waals surface area contributed by atoms with Crippen molar-refractivity contribution in [2.45, 2.75) is 13.8 Å². The van der Waals surface area contributed by atoms with Crippen LogP contribution in [0.3, 0.4) is 0 Å². The zero-order chi connectivity index (χ0) is 10.8. The molecule has 15 heavy (non-hydrogen) atoms. The van der Waals surface area contributed by atoms with Crippen molar-refractivity contribution in [3.05, 3.63) is 48.6 Å². The molecule has 0 unspecified atom stereocenters. The predicted octanol–water partition coefficient (Wildman–Crippen LogP) is 2.61. The Kier molecular flexibility index (Phi) is 2.37. The third-order valence-electron chi connectivity index (χ3n) is 2.34. The van der Waals surface area contributed by atoms with Gasteiger partial charge in [-0.1, -0.05) is 18.7 Å². The molecule has 0 N–H and O–H groups in total. The summed E-state index contributed by atoms with van der Waals surface area (Å²) < 4.78 is 1.76. The number of aryl methyl sites for hydroxylation is 1. The maximum atomic E-state index is 4.14. The van der Waals surface area contributed by atoms with E-state index in [2.05, 4.69) is 29.7 Å². The molecule has 0 aliphatic heterocycles. The smallest absolute Gasteiger partial charge is 0.138 e. The summed E-state index contributed by atoms with van der Waals surface area (Å²) in [5, 5.41) is 4.14. The van der Waals surface area contributed by atoms with Crippen molar-refractivity contribution in [3.8, 4) is 5.69 Å². The van der Waals surface area contributed by atoms with E-state index in [9.17, 15) is 0 Å². The Morgan fingerprint density at radius 2 is 2.20 bits per heavy atom. The number of nitrogens with zero attached hydrogens (tertiary/aromatic N) is 3. The highest BCUT2D eigenvalue weighted by atomic mass is 15.3. The topological polar surface area (TPSA) is 30.7 Å². The van der Waals surface area contributed by atoms with Crippen LogP contribution < -0.4 is 0 Å². The zero-order valence-corrected chi connectivity index (χ0v) is 8.94. The molecule has 2 aromatic rings. The van der Waals surface area contributed by atoms with Crippen molar-refractivity contribution < 1.29 is 0 Å². The lowest BCUT2D eigenvalue weighted by Crippen LogP contribution is -2.00. The van der Waals surface area contributed by atoms with Crippen molar-refractivity contribution in [3.63, 3.8) is 0 Å². The number of aromatic nitrogens is 3. The Bertz CT molecular complexity index is 484. The van der Waals surface area contributed by atoms with Crippen LogP contribution in [0, 0.1) is 6.92 Å². The van der Waals surface area contributed by atoms with Crippen molar-refractivity contribution in [1.29, 1.82) is 0 Å². The van der Waals surface area contributed by atoms with E-state index in [1.54, 1.807) is 11.0 Å². The monoisotopic (exact) mass is 199 g/mol. The Morgan fingerprint density at radius 3 is 2.80 bits per heavy atom. The number of allylic oxidation sites excluding steroid dienone is 1. The SMILES string of the molecule is C=C(C)c1c(C)cccc1-n1cncn1. The molecule has 0 atom stereocenters. The fraction of sp³-hybridized carbons (Fsp3) is 0.167. The van der Waals surface area contributed by atoms with Gasteiger partial charge in [-0.15, -0.1) is 0 Å². The molecule has 0 spiro atoms. The van der Waals surface area contributed by atoms with Gasteiger partial charge >= 0.3 is 0 Å². The van der Waals surface area contributed by atoms with E-state index in [0.717, 1.165) is 16.8 Å². The first-order valence-electron chi connectivity index (χ1n) is 4.80. The average Bonchev–Trinajstić information content (AvgIpc) is 2.69. The van der Waals surface area contributed by atoms with E-state index in [0.29, 0.717) is 0 Å².